The average Bonchev–Trinajstić information content (AvgIpc) is 3.38. The smallest absolute Gasteiger partial charge is 0.180 e. The van der Waals surface area contributed by atoms with Crippen molar-refractivity contribution in [2.75, 3.05) is 6.61 Å². The van der Waals surface area contributed by atoms with Crippen LogP contribution < -0.4 is 14.8 Å². The van der Waals surface area contributed by atoms with E-state index in [1.54, 1.807) is 0 Å². The summed E-state index contributed by atoms with van der Waals surface area (Å²) in [6.07, 6.45) is 2.51. The van der Waals surface area contributed by atoms with Crippen LogP contribution in [0.3, 0.4) is 0 Å². The second kappa shape index (κ2) is 8.11. The Balaban J connectivity index is 1.75. The van der Waals surface area contributed by atoms with Crippen molar-refractivity contribution < 1.29 is 9.47 Å². The predicted molar refractivity (Wildman–Crippen MR) is 98.3 cm³/mol. The van der Waals surface area contributed by atoms with Crippen LogP contribution in [0.2, 0.25) is 10.0 Å². The third kappa shape index (κ3) is 4.56. The maximum absolute atomic E-state index is 6.44. The molecule has 5 heteroatoms. The lowest BCUT2D eigenvalue weighted by Crippen LogP contribution is -2.15. The summed E-state index contributed by atoms with van der Waals surface area (Å²) in [6.45, 7) is 3.63. The summed E-state index contributed by atoms with van der Waals surface area (Å²) in [5, 5.41) is 4.72. The fourth-order valence-electron chi connectivity index (χ4n) is 2.44. The van der Waals surface area contributed by atoms with Crippen molar-refractivity contribution in [1.29, 1.82) is 0 Å². The number of rotatable bonds is 8. The van der Waals surface area contributed by atoms with E-state index in [0.29, 0.717) is 40.8 Å². The molecule has 3 rings (SSSR count). The molecule has 1 fully saturated rings. The van der Waals surface area contributed by atoms with Crippen LogP contribution in [0.4, 0.5) is 0 Å². The zero-order chi connectivity index (χ0) is 16.9. The first-order chi connectivity index (χ1) is 11.7. The fraction of sp³-hybridized carbons (Fsp3) is 0.368. The van der Waals surface area contributed by atoms with Gasteiger partial charge in [-0.15, -0.1) is 0 Å². The van der Waals surface area contributed by atoms with E-state index in [1.165, 1.54) is 12.8 Å². The minimum Gasteiger partial charge on any atom is -0.490 e. The Hall–Kier alpha value is -1.42. The van der Waals surface area contributed by atoms with Gasteiger partial charge in [-0.25, -0.2) is 0 Å². The van der Waals surface area contributed by atoms with Gasteiger partial charge in [-0.05, 0) is 43.5 Å². The van der Waals surface area contributed by atoms with E-state index in [9.17, 15) is 0 Å². The molecule has 0 atom stereocenters. The van der Waals surface area contributed by atoms with Gasteiger partial charge in [0.15, 0.2) is 11.5 Å². The minimum atomic E-state index is 0.346. The largest absolute Gasteiger partial charge is 0.490 e. The summed E-state index contributed by atoms with van der Waals surface area (Å²) in [6, 6.07) is 12.2. The Morgan fingerprint density at radius 1 is 1.08 bits per heavy atom. The van der Waals surface area contributed by atoms with Gasteiger partial charge in [-0.1, -0.05) is 41.4 Å². The summed E-state index contributed by atoms with van der Waals surface area (Å²) in [7, 11) is 0. The van der Waals surface area contributed by atoms with Crippen molar-refractivity contribution >= 4 is 23.2 Å². The van der Waals surface area contributed by atoms with Gasteiger partial charge < -0.3 is 14.8 Å². The number of ether oxygens (including phenoxy) is 2. The number of halogens is 2. The number of nitrogens with one attached hydrogen (secondary N) is 1. The molecule has 1 aliphatic carbocycles. The van der Waals surface area contributed by atoms with Crippen molar-refractivity contribution in [3.63, 3.8) is 0 Å². The Morgan fingerprint density at radius 3 is 2.58 bits per heavy atom. The van der Waals surface area contributed by atoms with Crippen LogP contribution in [-0.4, -0.2) is 12.6 Å². The van der Waals surface area contributed by atoms with Gasteiger partial charge in [0, 0.05) is 23.2 Å². The highest BCUT2D eigenvalue weighted by molar-refractivity contribution is 6.32. The van der Waals surface area contributed by atoms with Crippen LogP contribution in [0.1, 0.15) is 30.9 Å². The van der Waals surface area contributed by atoms with Crippen LogP contribution in [-0.2, 0) is 13.2 Å². The molecule has 0 bridgehead atoms. The Kier molecular flexibility index (Phi) is 5.88. The van der Waals surface area contributed by atoms with Gasteiger partial charge in [0.1, 0.15) is 6.61 Å². The molecule has 0 saturated heterocycles. The van der Waals surface area contributed by atoms with Gasteiger partial charge in [-0.3, -0.25) is 0 Å². The molecule has 1 aliphatic rings. The Morgan fingerprint density at radius 2 is 1.88 bits per heavy atom. The van der Waals surface area contributed by atoms with Crippen LogP contribution in [0.15, 0.2) is 36.4 Å². The minimum absolute atomic E-state index is 0.346. The number of benzene rings is 2. The lowest BCUT2D eigenvalue weighted by Gasteiger charge is -2.16. The molecule has 3 nitrogen and oxygen atoms in total. The normalized spacial score (nSPS) is 13.8. The second-order valence-electron chi connectivity index (χ2n) is 5.87. The molecule has 2 aromatic carbocycles. The first-order valence-corrected chi connectivity index (χ1v) is 8.97. The molecule has 2 aromatic rings. The van der Waals surface area contributed by atoms with E-state index in [2.05, 4.69) is 5.32 Å². The molecule has 128 valence electrons. The summed E-state index contributed by atoms with van der Waals surface area (Å²) < 4.78 is 11.6. The Labute approximate surface area is 152 Å². The lowest BCUT2D eigenvalue weighted by molar-refractivity contribution is 0.269. The average molecular weight is 366 g/mol. The topological polar surface area (TPSA) is 30.5 Å². The molecule has 0 unspecified atom stereocenters. The second-order valence-corrected chi connectivity index (χ2v) is 6.69. The maximum atomic E-state index is 6.44. The van der Waals surface area contributed by atoms with E-state index in [4.69, 9.17) is 32.7 Å². The van der Waals surface area contributed by atoms with Crippen LogP contribution >= 0.6 is 23.2 Å². The quantitative estimate of drug-likeness (QED) is 0.695. The highest BCUT2D eigenvalue weighted by Gasteiger charge is 2.21. The molecule has 0 spiro atoms. The first kappa shape index (κ1) is 17.4. The highest BCUT2D eigenvalue weighted by Crippen LogP contribution is 2.37. The van der Waals surface area contributed by atoms with Crippen molar-refractivity contribution in [2.45, 2.75) is 39.0 Å². The standard InChI is InChI=1S/C19H21Cl2NO2/c1-2-23-18-10-13(11-22-15-7-8-15)9-17(21)19(18)24-12-14-5-3-4-6-16(14)20/h3-6,9-10,15,22H,2,7-8,11-12H2,1H3. The van der Waals surface area contributed by atoms with E-state index < -0.39 is 0 Å². The van der Waals surface area contributed by atoms with Crippen molar-refractivity contribution in [1.82, 2.24) is 5.32 Å². The van der Waals surface area contributed by atoms with E-state index in [1.807, 2.05) is 43.3 Å². The van der Waals surface area contributed by atoms with Crippen molar-refractivity contribution in [2.24, 2.45) is 0 Å². The van der Waals surface area contributed by atoms with Gasteiger partial charge in [0.25, 0.3) is 0 Å². The molecular formula is C19H21Cl2NO2. The number of hydrogen-bond donors (Lipinski definition) is 1. The Bertz CT molecular complexity index is 702. The van der Waals surface area contributed by atoms with Gasteiger partial charge in [-0.2, -0.15) is 0 Å². The SMILES string of the molecule is CCOc1cc(CNC2CC2)cc(Cl)c1OCc1ccccc1Cl. The molecule has 0 heterocycles. The van der Waals surface area contributed by atoms with Crippen LogP contribution in [0.5, 0.6) is 11.5 Å². The molecule has 0 aliphatic heterocycles. The third-order valence-corrected chi connectivity index (χ3v) is 4.52. The molecule has 1 N–H and O–H groups in total. The maximum Gasteiger partial charge on any atom is 0.180 e. The number of hydrogen-bond acceptors (Lipinski definition) is 3. The van der Waals surface area contributed by atoms with Crippen LogP contribution in [0, 0.1) is 0 Å². The highest BCUT2D eigenvalue weighted by atomic mass is 35.5. The lowest BCUT2D eigenvalue weighted by atomic mass is 10.2. The van der Waals surface area contributed by atoms with Gasteiger partial charge in [0.05, 0.1) is 11.6 Å². The van der Waals surface area contributed by atoms with Gasteiger partial charge >= 0.3 is 0 Å². The summed E-state index contributed by atoms with van der Waals surface area (Å²) in [5.41, 5.74) is 2.01. The van der Waals surface area contributed by atoms with Crippen molar-refractivity contribution in [3.8, 4) is 11.5 Å². The van der Waals surface area contributed by atoms with E-state index >= 15 is 0 Å². The zero-order valence-electron chi connectivity index (χ0n) is 13.6. The third-order valence-electron chi connectivity index (χ3n) is 3.87. The summed E-state index contributed by atoms with van der Waals surface area (Å²) in [4.78, 5) is 0. The van der Waals surface area contributed by atoms with Crippen molar-refractivity contribution in [3.05, 3.63) is 57.6 Å². The summed E-state index contributed by atoms with van der Waals surface area (Å²) in [5.74, 6) is 1.23. The van der Waals surface area contributed by atoms with E-state index in [-0.39, 0.29) is 0 Å². The molecule has 0 amide bonds. The fourth-order valence-corrected chi connectivity index (χ4v) is 2.92. The molecular weight excluding hydrogens is 345 g/mol. The summed E-state index contributed by atoms with van der Waals surface area (Å²) >= 11 is 12.6. The predicted octanol–water partition coefficient (Wildman–Crippen LogP) is 5.22. The molecule has 0 radical (unpaired) electrons. The van der Waals surface area contributed by atoms with Gasteiger partial charge in [0.2, 0.25) is 0 Å². The zero-order valence-corrected chi connectivity index (χ0v) is 15.2. The van der Waals surface area contributed by atoms with E-state index in [0.717, 1.165) is 17.7 Å². The molecule has 1 saturated carbocycles. The first-order valence-electron chi connectivity index (χ1n) is 8.22. The monoisotopic (exact) mass is 365 g/mol. The van der Waals surface area contributed by atoms with Crippen LogP contribution in [0.25, 0.3) is 0 Å². The molecule has 24 heavy (non-hydrogen) atoms. The molecule has 0 aromatic heterocycles.